The lowest BCUT2D eigenvalue weighted by molar-refractivity contribution is -0.889. The maximum atomic E-state index is 12.6. The summed E-state index contributed by atoms with van der Waals surface area (Å²) in [6, 6.07) is -0.729. The molecule has 0 fully saturated rings. The molecule has 0 aliphatic rings. The Morgan fingerprint density at radius 3 is 1.73 bits per heavy atom. The molecule has 0 aromatic carbocycles. The molecule has 0 rings (SSSR count). The second-order valence-electron chi connectivity index (χ2n) is 14.1. The largest absolute Gasteiger partial charge is 0.544 e. The first-order valence-corrected chi connectivity index (χ1v) is 19.5. The molecule has 0 amide bonds. The molecule has 0 aliphatic heterocycles. The van der Waals surface area contributed by atoms with E-state index in [-0.39, 0.29) is 42.7 Å². The predicted octanol–water partition coefficient (Wildman–Crippen LogP) is 8.57. The van der Waals surface area contributed by atoms with E-state index in [0.717, 1.165) is 64.2 Å². The number of rotatable bonds is 34. The van der Waals surface area contributed by atoms with Crippen LogP contribution in [-0.2, 0) is 28.6 Å². The van der Waals surface area contributed by atoms with Crippen LogP contribution in [0.4, 0.5) is 0 Å². The number of carbonyl (C=O) groups is 3. The third-order valence-corrected chi connectivity index (χ3v) is 8.51. The summed E-state index contributed by atoms with van der Waals surface area (Å²) >= 11 is 0. The van der Waals surface area contributed by atoms with E-state index in [0.29, 0.717) is 12.8 Å². The molecule has 0 aromatic heterocycles. The minimum atomic E-state index is -1.13. The summed E-state index contributed by atoms with van der Waals surface area (Å²) in [6.07, 6.45) is 34.7. The van der Waals surface area contributed by atoms with Crippen LogP contribution in [0.15, 0.2) is 36.5 Å². The highest BCUT2D eigenvalue weighted by Gasteiger charge is 2.25. The average Bonchev–Trinajstić information content (AvgIpc) is 3.05. The topological polar surface area (TPSA) is 102 Å². The van der Waals surface area contributed by atoms with Crippen LogP contribution in [0.25, 0.3) is 0 Å². The zero-order valence-corrected chi connectivity index (χ0v) is 32.1. The van der Waals surface area contributed by atoms with Gasteiger partial charge in [0.2, 0.25) is 0 Å². The molecule has 2 unspecified atom stereocenters. The van der Waals surface area contributed by atoms with Gasteiger partial charge < -0.3 is 28.6 Å². The Morgan fingerprint density at radius 1 is 0.633 bits per heavy atom. The molecule has 0 bridgehead atoms. The fraction of sp³-hybridized carbons (Fsp3) is 0.780. The second-order valence-corrected chi connectivity index (χ2v) is 14.1. The van der Waals surface area contributed by atoms with E-state index in [4.69, 9.17) is 14.2 Å². The zero-order chi connectivity index (χ0) is 36.4. The van der Waals surface area contributed by atoms with Crippen LogP contribution in [0, 0.1) is 0 Å². The standard InChI is InChI=1S/C41H73NO7/c1-6-8-10-12-14-16-17-18-19-20-21-22-24-26-28-30-32-40(44)49-37(35-47-34-33-38(41(45)46)42(3,4)5)36-48-39(43)31-29-27-25-23-15-13-11-9-7-2/h9,11,15,19-20,23,37-38H,6-8,10,12-14,16-18,21-22,24-36H2,1-5H3/b11-9+,20-19+,23-15+. The molecule has 8 nitrogen and oxygen atoms in total. The molecule has 0 spiro atoms. The van der Waals surface area contributed by atoms with Gasteiger partial charge in [0.05, 0.1) is 40.3 Å². The highest BCUT2D eigenvalue weighted by atomic mass is 16.6. The number of likely N-dealkylation sites (N-methyl/N-ethyl adjacent to an activating group) is 1. The highest BCUT2D eigenvalue weighted by molar-refractivity contribution is 5.70. The van der Waals surface area contributed by atoms with Gasteiger partial charge in [0.1, 0.15) is 12.6 Å². The summed E-state index contributed by atoms with van der Waals surface area (Å²) in [5, 5.41) is 11.6. The van der Waals surface area contributed by atoms with Crippen molar-refractivity contribution in [3.63, 3.8) is 0 Å². The molecule has 0 heterocycles. The van der Waals surface area contributed by atoms with Crippen molar-refractivity contribution in [1.29, 1.82) is 0 Å². The van der Waals surface area contributed by atoms with Gasteiger partial charge in [-0.25, -0.2) is 0 Å². The third-order valence-electron chi connectivity index (χ3n) is 8.51. The van der Waals surface area contributed by atoms with E-state index >= 15 is 0 Å². The van der Waals surface area contributed by atoms with Crippen LogP contribution < -0.4 is 5.11 Å². The fourth-order valence-corrected chi connectivity index (χ4v) is 5.45. The lowest BCUT2D eigenvalue weighted by Crippen LogP contribution is -2.55. The first-order valence-electron chi connectivity index (χ1n) is 19.5. The van der Waals surface area contributed by atoms with E-state index in [2.05, 4.69) is 50.3 Å². The van der Waals surface area contributed by atoms with Gasteiger partial charge in [-0.2, -0.15) is 0 Å². The number of esters is 2. The van der Waals surface area contributed by atoms with Crippen molar-refractivity contribution in [3.05, 3.63) is 36.5 Å². The van der Waals surface area contributed by atoms with Crippen LogP contribution in [0.5, 0.6) is 0 Å². The van der Waals surface area contributed by atoms with Crippen LogP contribution in [0.2, 0.25) is 0 Å². The Hall–Kier alpha value is -2.45. The molecule has 8 heteroatoms. The van der Waals surface area contributed by atoms with Crippen molar-refractivity contribution in [2.75, 3.05) is 41.0 Å². The first-order chi connectivity index (χ1) is 23.6. The predicted molar refractivity (Wildman–Crippen MR) is 199 cm³/mol. The summed E-state index contributed by atoms with van der Waals surface area (Å²) in [4.78, 5) is 36.6. The van der Waals surface area contributed by atoms with Crippen molar-refractivity contribution in [3.8, 4) is 0 Å². The number of hydrogen-bond acceptors (Lipinski definition) is 7. The SMILES string of the molecule is CC/C=C/C/C=C/CCCCC(=O)OCC(COCCC(C(=O)[O-])[N+](C)(C)C)OC(=O)CCCCCCC/C=C/CCCCCCCCC. The molecule has 49 heavy (non-hydrogen) atoms. The molecule has 0 radical (unpaired) electrons. The molecule has 0 saturated carbocycles. The van der Waals surface area contributed by atoms with E-state index in [1.54, 1.807) is 21.1 Å². The Labute approximate surface area is 300 Å². The number of quaternary nitrogens is 1. The number of carboxylic acids is 1. The van der Waals surface area contributed by atoms with Gasteiger partial charge in [0.25, 0.3) is 0 Å². The number of unbranched alkanes of at least 4 members (excludes halogenated alkanes) is 14. The Bertz CT molecular complexity index is 906. The number of ether oxygens (including phenoxy) is 3. The zero-order valence-electron chi connectivity index (χ0n) is 32.1. The number of allylic oxidation sites excluding steroid dienone is 6. The maximum Gasteiger partial charge on any atom is 0.306 e. The number of hydrogen-bond donors (Lipinski definition) is 0. The van der Waals surface area contributed by atoms with Crippen LogP contribution in [0.3, 0.4) is 0 Å². The molecular weight excluding hydrogens is 618 g/mol. The van der Waals surface area contributed by atoms with Gasteiger partial charge in [-0.15, -0.1) is 0 Å². The molecular formula is C41H73NO7. The van der Waals surface area contributed by atoms with Crippen LogP contribution in [-0.4, -0.2) is 75.5 Å². The first kappa shape index (κ1) is 46.5. The molecule has 2 atom stereocenters. The number of carbonyl (C=O) groups excluding carboxylic acids is 3. The summed E-state index contributed by atoms with van der Waals surface area (Å²) in [5.74, 6) is -1.80. The molecule has 0 N–H and O–H groups in total. The Morgan fingerprint density at radius 2 is 1.14 bits per heavy atom. The average molecular weight is 692 g/mol. The van der Waals surface area contributed by atoms with Crippen LogP contribution >= 0.6 is 0 Å². The Balaban J connectivity index is 4.42. The van der Waals surface area contributed by atoms with E-state index in [1.165, 1.54) is 57.8 Å². The summed E-state index contributed by atoms with van der Waals surface area (Å²) in [5.41, 5.74) is 0. The highest BCUT2D eigenvalue weighted by Crippen LogP contribution is 2.13. The van der Waals surface area contributed by atoms with Crippen molar-refractivity contribution in [2.24, 2.45) is 0 Å². The lowest BCUT2D eigenvalue weighted by atomic mass is 10.1. The normalized spacial score (nSPS) is 13.4. The van der Waals surface area contributed by atoms with E-state index in [9.17, 15) is 19.5 Å². The monoisotopic (exact) mass is 692 g/mol. The maximum absolute atomic E-state index is 12.6. The Kier molecular flexibility index (Phi) is 31.1. The molecule has 284 valence electrons. The summed E-state index contributed by atoms with van der Waals surface area (Å²) in [7, 11) is 5.38. The number of nitrogens with zero attached hydrogens (tertiary/aromatic N) is 1. The molecule has 0 aliphatic carbocycles. The van der Waals surface area contributed by atoms with Crippen molar-refractivity contribution in [2.45, 2.75) is 167 Å². The lowest BCUT2D eigenvalue weighted by Gasteiger charge is -2.34. The smallest absolute Gasteiger partial charge is 0.306 e. The van der Waals surface area contributed by atoms with Gasteiger partial charge >= 0.3 is 11.9 Å². The van der Waals surface area contributed by atoms with Crippen LogP contribution in [0.1, 0.15) is 155 Å². The minimum Gasteiger partial charge on any atom is -0.544 e. The fourth-order valence-electron chi connectivity index (χ4n) is 5.45. The van der Waals surface area contributed by atoms with Crippen molar-refractivity contribution < 1.29 is 38.2 Å². The van der Waals surface area contributed by atoms with Gasteiger partial charge in [0.15, 0.2) is 6.10 Å². The van der Waals surface area contributed by atoms with E-state index < -0.39 is 18.1 Å². The summed E-state index contributed by atoms with van der Waals surface area (Å²) < 4.78 is 17.0. The molecule has 0 saturated heterocycles. The van der Waals surface area contributed by atoms with Crippen molar-refractivity contribution in [1.82, 2.24) is 0 Å². The van der Waals surface area contributed by atoms with Gasteiger partial charge in [-0.05, 0) is 64.2 Å². The van der Waals surface area contributed by atoms with Gasteiger partial charge in [-0.3, -0.25) is 9.59 Å². The molecule has 0 aromatic rings. The van der Waals surface area contributed by atoms with E-state index in [1.807, 2.05) is 0 Å². The number of aliphatic carboxylic acids is 1. The van der Waals surface area contributed by atoms with Gasteiger partial charge in [-0.1, -0.05) is 108 Å². The minimum absolute atomic E-state index is 0.0275. The number of carboxylic acid groups (broad SMARTS) is 1. The summed E-state index contributed by atoms with van der Waals surface area (Å²) in [6.45, 7) is 4.47. The third kappa shape index (κ3) is 31.3. The quantitative estimate of drug-likeness (QED) is 0.0288. The van der Waals surface area contributed by atoms with Crippen molar-refractivity contribution >= 4 is 17.9 Å². The second kappa shape index (κ2) is 32.7. The van der Waals surface area contributed by atoms with Gasteiger partial charge in [0, 0.05) is 19.3 Å².